The molecule has 1 aromatic carbocycles. The Balaban J connectivity index is 2.57. The Bertz CT molecular complexity index is 453. The van der Waals surface area contributed by atoms with Crippen molar-refractivity contribution in [1.82, 2.24) is 5.32 Å². The van der Waals surface area contributed by atoms with Crippen LogP contribution in [-0.2, 0) is 4.74 Å². The van der Waals surface area contributed by atoms with Crippen LogP contribution in [0.5, 0.6) is 0 Å². The van der Waals surface area contributed by atoms with E-state index in [-0.39, 0.29) is 17.2 Å². The molecule has 0 spiro atoms. The zero-order valence-corrected chi connectivity index (χ0v) is 11.0. The van der Waals surface area contributed by atoms with Crippen LogP contribution in [0.4, 0.5) is 8.78 Å². The number of carbonyl (C=O) groups excluding carboxylic acids is 1. The van der Waals surface area contributed by atoms with E-state index in [0.717, 1.165) is 0 Å². The number of ether oxygens (including phenoxy) is 1. The predicted octanol–water partition coefficient (Wildman–Crippen LogP) is 1.37. The Morgan fingerprint density at radius 2 is 2.11 bits per heavy atom. The molecule has 0 fully saturated rings. The van der Waals surface area contributed by atoms with Gasteiger partial charge in [-0.25, -0.2) is 8.78 Å². The summed E-state index contributed by atoms with van der Waals surface area (Å²) in [5, 5.41) is 2.54. The second-order valence-corrected chi connectivity index (χ2v) is 4.34. The fourth-order valence-electron chi connectivity index (χ4n) is 1.59. The van der Waals surface area contributed by atoms with Gasteiger partial charge in [0.1, 0.15) is 11.6 Å². The molecule has 0 bridgehead atoms. The summed E-state index contributed by atoms with van der Waals surface area (Å²) in [7, 11) is 1.54. The largest absolute Gasteiger partial charge is 0.383 e. The lowest BCUT2D eigenvalue weighted by atomic mass is 10.1. The number of rotatable bonds is 6. The Morgan fingerprint density at radius 1 is 1.42 bits per heavy atom. The second kappa shape index (κ2) is 7.16. The van der Waals surface area contributed by atoms with Crippen molar-refractivity contribution in [2.75, 3.05) is 20.3 Å². The van der Waals surface area contributed by atoms with Gasteiger partial charge in [0.15, 0.2) is 0 Å². The monoisotopic (exact) mass is 272 g/mol. The van der Waals surface area contributed by atoms with E-state index in [9.17, 15) is 13.6 Å². The van der Waals surface area contributed by atoms with E-state index in [0.29, 0.717) is 25.6 Å². The molecule has 1 atom stereocenters. The Labute approximate surface area is 110 Å². The molecule has 0 saturated heterocycles. The number of halogens is 2. The van der Waals surface area contributed by atoms with Gasteiger partial charge in [0.2, 0.25) is 0 Å². The molecule has 6 heteroatoms. The lowest BCUT2D eigenvalue weighted by molar-refractivity contribution is 0.0946. The highest BCUT2D eigenvalue weighted by atomic mass is 19.1. The minimum atomic E-state index is -0.873. The summed E-state index contributed by atoms with van der Waals surface area (Å²) in [4.78, 5) is 11.7. The molecule has 4 nitrogen and oxygen atoms in total. The topological polar surface area (TPSA) is 64.3 Å². The fraction of sp³-hybridized carbons (Fsp3) is 0.462. The lowest BCUT2D eigenvalue weighted by Gasteiger charge is -2.11. The summed E-state index contributed by atoms with van der Waals surface area (Å²) in [6, 6.07) is 1.71. The van der Waals surface area contributed by atoms with Crippen LogP contribution < -0.4 is 11.1 Å². The molecule has 0 aliphatic heterocycles. The minimum absolute atomic E-state index is 0.167. The van der Waals surface area contributed by atoms with Crippen LogP contribution in [0.2, 0.25) is 0 Å². The van der Waals surface area contributed by atoms with Crippen molar-refractivity contribution >= 4 is 5.91 Å². The van der Waals surface area contributed by atoms with Crippen LogP contribution >= 0.6 is 0 Å². The molecule has 0 aromatic heterocycles. The van der Waals surface area contributed by atoms with Crippen LogP contribution in [0.3, 0.4) is 0 Å². The Kier molecular flexibility index (Phi) is 5.85. The molecule has 1 amide bonds. The third-order valence-electron chi connectivity index (χ3n) is 2.67. The molecule has 0 aliphatic carbocycles. The molecule has 1 rings (SSSR count). The number of aryl methyl sites for hydroxylation is 1. The molecule has 1 aromatic rings. The molecule has 3 N–H and O–H groups in total. The maximum Gasteiger partial charge on any atom is 0.254 e. The van der Waals surface area contributed by atoms with E-state index in [4.69, 9.17) is 10.5 Å². The van der Waals surface area contributed by atoms with E-state index in [1.165, 1.54) is 20.1 Å². The molecule has 0 saturated carbocycles. The van der Waals surface area contributed by atoms with Crippen molar-refractivity contribution < 1.29 is 18.3 Å². The van der Waals surface area contributed by atoms with Crippen molar-refractivity contribution in [3.63, 3.8) is 0 Å². The summed E-state index contributed by atoms with van der Waals surface area (Å²) < 4.78 is 31.4. The summed E-state index contributed by atoms with van der Waals surface area (Å²) in [6.45, 7) is 2.17. The highest BCUT2D eigenvalue weighted by molar-refractivity contribution is 5.94. The van der Waals surface area contributed by atoms with Crippen molar-refractivity contribution in [3.8, 4) is 0 Å². The van der Waals surface area contributed by atoms with Gasteiger partial charge in [0, 0.05) is 25.8 Å². The van der Waals surface area contributed by atoms with Gasteiger partial charge in [-0.05, 0) is 25.0 Å². The van der Waals surface area contributed by atoms with Gasteiger partial charge >= 0.3 is 0 Å². The number of benzene rings is 1. The predicted molar refractivity (Wildman–Crippen MR) is 67.9 cm³/mol. The van der Waals surface area contributed by atoms with Crippen LogP contribution in [0, 0.1) is 18.6 Å². The molecule has 0 heterocycles. The summed E-state index contributed by atoms with van der Waals surface area (Å²) in [6.07, 6.45) is 0.515. The molecular weight excluding hydrogens is 254 g/mol. The summed E-state index contributed by atoms with van der Waals surface area (Å²) in [5.74, 6) is -2.12. The van der Waals surface area contributed by atoms with E-state index in [2.05, 4.69) is 5.32 Å². The van der Waals surface area contributed by atoms with Gasteiger partial charge in [-0.1, -0.05) is 0 Å². The first-order valence-corrected chi connectivity index (χ1v) is 5.94. The number of amides is 1. The first-order valence-electron chi connectivity index (χ1n) is 5.94. The number of nitrogens with one attached hydrogen (secondary N) is 1. The van der Waals surface area contributed by atoms with Gasteiger partial charge in [-0.3, -0.25) is 4.79 Å². The summed E-state index contributed by atoms with van der Waals surface area (Å²) in [5.41, 5.74) is 5.74. The van der Waals surface area contributed by atoms with Crippen molar-refractivity contribution in [3.05, 3.63) is 34.9 Å². The van der Waals surface area contributed by atoms with E-state index in [1.807, 2.05) is 0 Å². The molecule has 0 aliphatic rings. The van der Waals surface area contributed by atoms with Gasteiger partial charge in [-0.15, -0.1) is 0 Å². The standard InChI is InChI=1S/C13H18F2N2O2/c1-8-5-10(12(15)6-11(8)14)13(18)17-4-3-9(16)7-19-2/h5-6,9H,3-4,7,16H2,1-2H3,(H,17,18). The maximum atomic E-state index is 13.4. The highest BCUT2D eigenvalue weighted by Gasteiger charge is 2.14. The Morgan fingerprint density at radius 3 is 2.74 bits per heavy atom. The zero-order valence-electron chi connectivity index (χ0n) is 11.0. The first-order chi connectivity index (χ1) is 8.95. The average molecular weight is 272 g/mol. The van der Waals surface area contributed by atoms with Gasteiger partial charge in [0.25, 0.3) is 5.91 Å². The number of hydrogen-bond donors (Lipinski definition) is 2. The SMILES string of the molecule is COCC(N)CCNC(=O)c1cc(C)c(F)cc1F. The number of nitrogens with two attached hydrogens (primary N) is 1. The smallest absolute Gasteiger partial charge is 0.254 e. The minimum Gasteiger partial charge on any atom is -0.383 e. The molecular formula is C13H18F2N2O2. The third kappa shape index (κ3) is 4.57. The number of methoxy groups -OCH3 is 1. The number of carbonyl (C=O) groups is 1. The highest BCUT2D eigenvalue weighted by Crippen LogP contribution is 2.14. The van der Waals surface area contributed by atoms with Crippen LogP contribution in [-0.4, -0.2) is 32.2 Å². The fourth-order valence-corrected chi connectivity index (χ4v) is 1.59. The van der Waals surface area contributed by atoms with Crippen molar-refractivity contribution in [1.29, 1.82) is 0 Å². The third-order valence-corrected chi connectivity index (χ3v) is 2.67. The van der Waals surface area contributed by atoms with Crippen LogP contribution in [0.15, 0.2) is 12.1 Å². The van der Waals surface area contributed by atoms with Gasteiger partial charge < -0.3 is 15.8 Å². The Hall–Kier alpha value is -1.53. The van der Waals surface area contributed by atoms with Crippen LogP contribution in [0.25, 0.3) is 0 Å². The van der Waals surface area contributed by atoms with Gasteiger partial charge in [-0.2, -0.15) is 0 Å². The molecule has 106 valence electrons. The number of hydrogen-bond acceptors (Lipinski definition) is 3. The average Bonchev–Trinajstić information content (AvgIpc) is 2.34. The van der Waals surface area contributed by atoms with E-state index >= 15 is 0 Å². The first kappa shape index (κ1) is 15.5. The lowest BCUT2D eigenvalue weighted by Crippen LogP contribution is -2.33. The molecule has 1 unspecified atom stereocenters. The molecule has 0 radical (unpaired) electrons. The summed E-state index contributed by atoms with van der Waals surface area (Å²) >= 11 is 0. The van der Waals surface area contributed by atoms with E-state index in [1.54, 1.807) is 0 Å². The van der Waals surface area contributed by atoms with E-state index < -0.39 is 17.5 Å². The molecule has 19 heavy (non-hydrogen) atoms. The second-order valence-electron chi connectivity index (χ2n) is 4.34. The van der Waals surface area contributed by atoms with Crippen LogP contribution in [0.1, 0.15) is 22.3 Å². The van der Waals surface area contributed by atoms with Crippen molar-refractivity contribution in [2.24, 2.45) is 5.73 Å². The quantitative estimate of drug-likeness (QED) is 0.822. The van der Waals surface area contributed by atoms with Crippen molar-refractivity contribution in [2.45, 2.75) is 19.4 Å². The maximum absolute atomic E-state index is 13.4. The van der Waals surface area contributed by atoms with Gasteiger partial charge in [0.05, 0.1) is 12.2 Å². The normalized spacial score (nSPS) is 12.3. The zero-order chi connectivity index (χ0) is 14.4.